The van der Waals surface area contributed by atoms with Crippen LogP contribution in [-0.2, 0) is 14.6 Å². The van der Waals surface area contributed by atoms with Crippen molar-refractivity contribution in [1.82, 2.24) is 10.3 Å². The van der Waals surface area contributed by atoms with Crippen LogP contribution in [0.3, 0.4) is 0 Å². The van der Waals surface area contributed by atoms with Crippen molar-refractivity contribution >= 4 is 44.5 Å². The lowest BCUT2D eigenvalue weighted by Crippen LogP contribution is -2.23. The van der Waals surface area contributed by atoms with Gasteiger partial charge in [0, 0.05) is 23.7 Å². The molecule has 1 aliphatic heterocycles. The van der Waals surface area contributed by atoms with Crippen molar-refractivity contribution in [1.29, 1.82) is 0 Å². The summed E-state index contributed by atoms with van der Waals surface area (Å²) in [7, 11) is -3.46. The Balaban J connectivity index is 2.12. The van der Waals surface area contributed by atoms with E-state index in [1.54, 1.807) is 25.1 Å². The Morgan fingerprint density at radius 1 is 1.18 bits per heavy atom. The van der Waals surface area contributed by atoms with Gasteiger partial charge in [-0.15, -0.1) is 0 Å². The van der Waals surface area contributed by atoms with Crippen molar-refractivity contribution in [3.63, 3.8) is 0 Å². The van der Waals surface area contributed by atoms with Gasteiger partial charge in [-0.25, -0.2) is 8.42 Å². The number of aromatic amines is 1. The quantitative estimate of drug-likeness (QED) is 0.745. The smallest absolute Gasteiger partial charge is 0.267 e. The molecule has 0 saturated carbocycles. The number of sulfone groups is 1. The molecule has 0 aliphatic carbocycles. The largest absolute Gasteiger partial charge is 0.350 e. The number of hydrogen-bond acceptors (Lipinski definition) is 4. The summed E-state index contributed by atoms with van der Waals surface area (Å²) in [5, 5.41) is 3.00. The molecule has 0 radical (unpaired) electrons. The van der Waals surface area contributed by atoms with E-state index in [-0.39, 0.29) is 32.6 Å². The minimum absolute atomic E-state index is 0.0485. The van der Waals surface area contributed by atoms with Gasteiger partial charge in [0.2, 0.25) is 5.91 Å². The zero-order chi connectivity index (χ0) is 20.5. The Hall–Kier alpha value is -2.09. The van der Waals surface area contributed by atoms with Crippen LogP contribution < -0.4 is 10.9 Å². The topological polar surface area (TPSA) is 96.1 Å². The molecule has 9 heteroatoms. The maximum atomic E-state index is 12.2. The van der Waals surface area contributed by atoms with Gasteiger partial charge in [-0.2, -0.15) is 0 Å². The molecule has 1 atom stereocenters. The first-order valence-electron chi connectivity index (χ1n) is 8.64. The van der Waals surface area contributed by atoms with E-state index >= 15 is 0 Å². The van der Waals surface area contributed by atoms with E-state index in [4.69, 9.17) is 23.2 Å². The van der Waals surface area contributed by atoms with Crippen molar-refractivity contribution in [2.45, 2.75) is 30.7 Å². The molecular weight excluding hydrogens is 423 g/mol. The lowest BCUT2D eigenvalue weighted by atomic mass is 9.99. The van der Waals surface area contributed by atoms with Crippen LogP contribution in [0.5, 0.6) is 0 Å². The molecule has 0 bridgehead atoms. The van der Waals surface area contributed by atoms with Gasteiger partial charge >= 0.3 is 0 Å². The fraction of sp³-hybridized carbons (Fsp3) is 0.263. The molecule has 1 saturated heterocycles. The number of benzene rings is 1. The van der Waals surface area contributed by atoms with Gasteiger partial charge in [0.1, 0.15) is 5.02 Å². The molecule has 2 N–H and O–H groups in total. The first-order valence-corrected chi connectivity index (χ1v) is 11.0. The van der Waals surface area contributed by atoms with Gasteiger partial charge in [0.15, 0.2) is 9.84 Å². The molecule has 148 valence electrons. The molecule has 2 aromatic rings. The summed E-state index contributed by atoms with van der Waals surface area (Å²) < 4.78 is 24.3. The monoisotopic (exact) mass is 440 g/mol. The van der Waals surface area contributed by atoms with Crippen LogP contribution in [-0.4, -0.2) is 31.1 Å². The van der Waals surface area contributed by atoms with Crippen LogP contribution in [0.4, 0.5) is 0 Å². The SMILES string of the molecule is CCS(=O)(=O)c1ccc(C(=C[C@H]2CCC(=O)N2)c2ccc(Cl)c(=O)[nH]2)cc1Cl. The van der Waals surface area contributed by atoms with E-state index in [2.05, 4.69) is 10.3 Å². The number of carbonyl (C=O) groups is 1. The average Bonchev–Trinajstić information content (AvgIpc) is 3.07. The van der Waals surface area contributed by atoms with Crippen LogP contribution in [0, 0.1) is 0 Å². The highest BCUT2D eigenvalue weighted by Gasteiger charge is 2.22. The highest BCUT2D eigenvalue weighted by molar-refractivity contribution is 7.91. The number of carbonyl (C=O) groups excluding carboxylic acids is 1. The van der Waals surface area contributed by atoms with Gasteiger partial charge in [0.25, 0.3) is 5.56 Å². The fourth-order valence-corrected chi connectivity index (χ4v) is 4.58. The van der Waals surface area contributed by atoms with Crippen LogP contribution in [0.1, 0.15) is 31.0 Å². The summed E-state index contributed by atoms with van der Waals surface area (Å²) in [6, 6.07) is 7.54. The van der Waals surface area contributed by atoms with E-state index in [0.717, 1.165) is 0 Å². The lowest BCUT2D eigenvalue weighted by Gasteiger charge is -2.14. The third kappa shape index (κ3) is 4.32. The van der Waals surface area contributed by atoms with Gasteiger partial charge in [-0.3, -0.25) is 9.59 Å². The van der Waals surface area contributed by atoms with Gasteiger partial charge in [-0.05, 0) is 36.2 Å². The van der Waals surface area contributed by atoms with E-state index < -0.39 is 15.4 Å². The van der Waals surface area contributed by atoms with Gasteiger partial charge < -0.3 is 10.3 Å². The Kier molecular flexibility index (Phi) is 5.98. The Labute approximate surface area is 172 Å². The van der Waals surface area contributed by atoms with E-state index in [9.17, 15) is 18.0 Å². The molecule has 1 amide bonds. The number of amides is 1. The Bertz CT molecular complexity index is 1120. The van der Waals surface area contributed by atoms with Gasteiger partial charge in [-0.1, -0.05) is 42.3 Å². The Morgan fingerprint density at radius 2 is 1.93 bits per heavy atom. The summed E-state index contributed by atoms with van der Waals surface area (Å²) in [5.74, 6) is -0.111. The van der Waals surface area contributed by atoms with Crippen molar-refractivity contribution in [2.75, 3.05) is 5.75 Å². The van der Waals surface area contributed by atoms with Crippen molar-refractivity contribution in [3.8, 4) is 0 Å². The minimum Gasteiger partial charge on any atom is -0.350 e. The summed E-state index contributed by atoms with van der Waals surface area (Å²) in [4.78, 5) is 26.3. The number of H-pyrrole nitrogens is 1. The second-order valence-electron chi connectivity index (χ2n) is 6.39. The number of rotatable bonds is 5. The van der Waals surface area contributed by atoms with Crippen molar-refractivity contribution in [2.24, 2.45) is 0 Å². The molecular formula is C19H18Cl2N2O4S. The third-order valence-corrected chi connectivity index (χ3v) is 7.01. The van der Waals surface area contributed by atoms with E-state index in [1.165, 1.54) is 12.1 Å². The number of pyridine rings is 1. The van der Waals surface area contributed by atoms with Crippen LogP contribution in [0.15, 0.2) is 46.1 Å². The number of aromatic nitrogens is 1. The highest BCUT2D eigenvalue weighted by Crippen LogP contribution is 2.30. The van der Waals surface area contributed by atoms with Crippen molar-refractivity contribution in [3.05, 3.63) is 68.1 Å². The molecule has 28 heavy (non-hydrogen) atoms. The molecule has 0 unspecified atom stereocenters. The standard InChI is InChI=1S/C19H18Cl2N2O4S/c1-2-28(26,27)17-7-3-11(9-15(17)21)13(10-12-4-8-18(24)22-12)16-6-5-14(20)19(25)23-16/h3,5-7,9-10,12H,2,4,8H2,1H3,(H,22,24)(H,23,25)/t12-/m1/s1. The number of hydrogen-bond donors (Lipinski definition) is 2. The predicted molar refractivity (Wildman–Crippen MR) is 109 cm³/mol. The fourth-order valence-electron chi connectivity index (χ4n) is 2.99. The van der Waals surface area contributed by atoms with Gasteiger partial charge in [0.05, 0.1) is 15.7 Å². The molecule has 3 rings (SSSR count). The maximum Gasteiger partial charge on any atom is 0.267 e. The molecule has 6 nitrogen and oxygen atoms in total. The first kappa shape index (κ1) is 20.6. The zero-order valence-electron chi connectivity index (χ0n) is 15.0. The second kappa shape index (κ2) is 8.11. The van der Waals surface area contributed by atoms with Crippen LogP contribution >= 0.6 is 23.2 Å². The third-order valence-electron chi connectivity index (χ3n) is 4.51. The molecule has 0 spiro atoms. The first-order chi connectivity index (χ1) is 13.2. The summed E-state index contributed by atoms with van der Waals surface area (Å²) in [6.45, 7) is 1.55. The zero-order valence-corrected chi connectivity index (χ0v) is 17.3. The number of halogens is 2. The highest BCUT2D eigenvalue weighted by atomic mass is 35.5. The maximum absolute atomic E-state index is 12.2. The molecule has 1 aromatic carbocycles. The summed E-state index contributed by atoms with van der Waals surface area (Å²) in [5.41, 5.74) is 1.26. The predicted octanol–water partition coefficient (Wildman–Crippen LogP) is 3.19. The Morgan fingerprint density at radius 3 is 2.50 bits per heavy atom. The molecule has 1 fully saturated rings. The lowest BCUT2D eigenvalue weighted by molar-refractivity contribution is -0.119. The van der Waals surface area contributed by atoms with Crippen LogP contribution in [0.2, 0.25) is 10.0 Å². The van der Waals surface area contributed by atoms with Crippen LogP contribution in [0.25, 0.3) is 5.57 Å². The normalized spacial score (nSPS) is 17.6. The van der Waals surface area contributed by atoms with E-state index in [1.807, 2.05) is 6.08 Å². The van der Waals surface area contributed by atoms with Crippen molar-refractivity contribution < 1.29 is 13.2 Å². The minimum atomic E-state index is -3.46. The second-order valence-corrected chi connectivity index (χ2v) is 9.45. The number of nitrogens with one attached hydrogen (secondary N) is 2. The molecule has 1 aromatic heterocycles. The summed E-state index contributed by atoms with van der Waals surface area (Å²) >= 11 is 12.1. The summed E-state index contributed by atoms with van der Waals surface area (Å²) in [6.07, 6.45) is 2.86. The molecule has 2 heterocycles. The molecule has 1 aliphatic rings. The average molecular weight is 441 g/mol. The van der Waals surface area contributed by atoms with E-state index in [0.29, 0.717) is 29.7 Å².